The topological polar surface area (TPSA) is 89.6 Å². The molecule has 0 bridgehead atoms. The highest BCUT2D eigenvalue weighted by Gasteiger charge is 2.21. The minimum absolute atomic E-state index is 0.300. The number of carbonyl (C=O) groups is 2. The summed E-state index contributed by atoms with van der Waals surface area (Å²) in [5.41, 5.74) is 5.83. The number of carboxylic acids is 1. The van der Waals surface area contributed by atoms with Crippen LogP contribution in [0.2, 0.25) is 0 Å². The normalized spacial score (nSPS) is 11.8. The molecule has 5 nitrogen and oxygen atoms in total. The van der Waals surface area contributed by atoms with Gasteiger partial charge in [-0.05, 0) is 24.1 Å². The van der Waals surface area contributed by atoms with Crippen molar-refractivity contribution >= 4 is 11.9 Å². The molecule has 0 aliphatic heterocycles. The average molecular weight is 279 g/mol. The number of unbranched alkanes of at least 4 members (excludes halogenated alkanes) is 2. The van der Waals surface area contributed by atoms with Gasteiger partial charge >= 0.3 is 5.97 Å². The Balaban J connectivity index is 2.63. The van der Waals surface area contributed by atoms with Gasteiger partial charge in [-0.2, -0.15) is 0 Å². The Kier molecular flexibility index (Phi) is 6.56. The van der Waals surface area contributed by atoms with Crippen molar-refractivity contribution in [2.24, 2.45) is 5.73 Å². The van der Waals surface area contributed by atoms with Gasteiger partial charge in [-0.3, -0.25) is 9.59 Å². The van der Waals surface area contributed by atoms with E-state index in [1.807, 2.05) is 0 Å². The van der Waals surface area contributed by atoms with Crippen LogP contribution in [0.5, 0.6) is 5.75 Å². The first kappa shape index (κ1) is 16.0. The Labute approximate surface area is 118 Å². The van der Waals surface area contributed by atoms with Gasteiger partial charge in [0, 0.05) is 0 Å². The van der Waals surface area contributed by atoms with Crippen molar-refractivity contribution in [3.05, 3.63) is 29.8 Å². The van der Waals surface area contributed by atoms with E-state index in [0.717, 1.165) is 19.3 Å². The molecule has 3 N–H and O–H groups in total. The maximum atomic E-state index is 11.3. The van der Waals surface area contributed by atoms with Crippen molar-refractivity contribution in [1.29, 1.82) is 0 Å². The van der Waals surface area contributed by atoms with E-state index < -0.39 is 17.8 Å². The van der Waals surface area contributed by atoms with E-state index in [0.29, 0.717) is 17.9 Å². The molecule has 0 fully saturated rings. The van der Waals surface area contributed by atoms with Gasteiger partial charge in [0.25, 0.3) is 0 Å². The van der Waals surface area contributed by atoms with E-state index in [1.54, 1.807) is 24.3 Å². The number of primary amides is 1. The lowest BCUT2D eigenvalue weighted by atomic mass is 9.95. The Hall–Kier alpha value is -2.04. The van der Waals surface area contributed by atoms with Crippen molar-refractivity contribution < 1.29 is 19.4 Å². The Morgan fingerprint density at radius 2 is 1.90 bits per heavy atom. The van der Waals surface area contributed by atoms with Crippen LogP contribution in [-0.4, -0.2) is 23.6 Å². The molecule has 0 heterocycles. The summed E-state index contributed by atoms with van der Waals surface area (Å²) < 4.78 is 5.55. The molecule has 0 saturated heterocycles. The molecular formula is C15H21NO4. The monoisotopic (exact) mass is 279 g/mol. The summed E-state index contributed by atoms with van der Waals surface area (Å²) in [7, 11) is 0. The Morgan fingerprint density at radius 3 is 2.40 bits per heavy atom. The number of amides is 1. The van der Waals surface area contributed by atoms with Crippen LogP contribution in [0.1, 0.15) is 44.1 Å². The summed E-state index contributed by atoms with van der Waals surface area (Å²) in [5, 5.41) is 8.78. The van der Waals surface area contributed by atoms with Crippen molar-refractivity contribution in [2.45, 2.75) is 38.5 Å². The predicted octanol–water partition coefficient (Wildman–Crippen LogP) is 2.30. The van der Waals surface area contributed by atoms with Crippen LogP contribution in [0.4, 0.5) is 0 Å². The lowest BCUT2D eigenvalue weighted by Crippen LogP contribution is -2.23. The van der Waals surface area contributed by atoms with Gasteiger partial charge in [0.2, 0.25) is 5.91 Å². The second-order valence-electron chi connectivity index (χ2n) is 4.68. The van der Waals surface area contributed by atoms with E-state index in [9.17, 15) is 9.59 Å². The first-order valence-electron chi connectivity index (χ1n) is 6.78. The first-order valence-corrected chi connectivity index (χ1v) is 6.78. The van der Waals surface area contributed by atoms with Gasteiger partial charge in [0.15, 0.2) is 0 Å². The number of hydrogen-bond donors (Lipinski definition) is 2. The lowest BCUT2D eigenvalue weighted by Gasteiger charge is -2.12. The van der Waals surface area contributed by atoms with E-state index in [2.05, 4.69) is 6.92 Å². The Morgan fingerprint density at radius 1 is 1.25 bits per heavy atom. The molecule has 1 amide bonds. The van der Waals surface area contributed by atoms with E-state index in [-0.39, 0.29) is 6.42 Å². The number of aliphatic carboxylic acids is 1. The third-order valence-electron chi connectivity index (χ3n) is 3.02. The summed E-state index contributed by atoms with van der Waals surface area (Å²) in [4.78, 5) is 22.0. The summed E-state index contributed by atoms with van der Waals surface area (Å²) >= 11 is 0. The molecule has 1 aromatic rings. The zero-order chi connectivity index (χ0) is 15.0. The van der Waals surface area contributed by atoms with Crippen molar-refractivity contribution in [1.82, 2.24) is 0 Å². The Bertz CT molecular complexity index is 442. The third-order valence-corrected chi connectivity index (χ3v) is 3.02. The van der Waals surface area contributed by atoms with Crippen LogP contribution >= 0.6 is 0 Å². The van der Waals surface area contributed by atoms with Gasteiger partial charge in [-0.15, -0.1) is 0 Å². The van der Waals surface area contributed by atoms with Gasteiger partial charge in [0.1, 0.15) is 5.75 Å². The molecule has 1 aromatic carbocycles. The highest BCUT2D eigenvalue weighted by Crippen LogP contribution is 2.22. The molecule has 0 aromatic heterocycles. The molecule has 0 saturated carbocycles. The van der Waals surface area contributed by atoms with Crippen molar-refractivity contribution in [2.75, 3.05) is 6.61 Å². The minimum atomic E-state index is -1.05. The number of rotatable bonds is 9. The second kappa shape index (κ2) is 8.19. The third kappa shape index (κ3) is 5.30. The van der Waals surface area contributed by atoms with E-state index in [1.165, 1.54) is 0 Å². The highest BCUT2D eigenvalue weighted by atomic mass is 16.5. The predicted molar refractivity (Wildman–Crippen MR) is 75.7 cm³/mol. The quantitative estimate of drug-likeness (QED) is 0.679. The number of nitrogens with two attached hydrogens (primary N) is 1. The van der Waals surface area contributed by atoms with Crippen LogP contribution < -0.4 is 10.5 Å². The SMILES string of the molecule is CCCCCOc1ccc([C@H](CC(=O)O)C(N)=O)cc1. The number of ether oxygens (including phenoxy) is 1. The van der Waals surface area contributed by atoms with Crippen LogP contribution in [0.3, 0.4) is 0 Å². The molecule has 1 atom stereocenters. The fraction of sp³-hybridized carbons (Fsp3) is 0.467. The van der Waals surface area contributed by atoms with Gasteiger partial charge in [-0.1, -0.05) is 31.9 Å². The van der Waals surface area contributed by atoms with Gasteiger partial charge < -0.3 is 15.6 Å². The molecular weight excluding hydrogens is 258 g/mol. The molecule has 0 radical (unpaired) electrons. The molecule has 5 heteroatoms. The van der Waals surface area contributed by atoms with Gasteiger partial charge in [0.05, 0.1) is 18.9 Å². The number of carboxylic acid groups (broad SMARTS) is 1. The van der Waals surface area contributed by atoms with Crippen LogP contribution in [-0.2, 0) is 9.59 Å². The summed E-state index contributed by atoms with van der Waals surface area (Å²) in [6.07, 6.45) is 2.96. The summed E-state index contributed by atoms with van der Waals surface area (Å²) in [5.74, 6) is -1.78. The average Bonchev–Trinajstić information content (AvgIpc) is 2.41. The largest absolute Gasteiger partial charge is 0.494 e. The van der Waals surface area contributed by atoms with Crippen molar-refractivity contribution in [3.8, 4) is 5.75 Å². The maximum absolute atomic E-state index is 11.3. The van der Waals surface area contributed by atoms with Crippen molar-refractivity contribution in [3.63, 3.8) is 0 Å². The molecule has 0 spiro atoms. The zero-order valence-electron chi connectivity index (χ0n) is 11.7. The van der Waals surface area contributed by atoms with Gasteiger partial charge in [-0.25, -0.2) is 0 Å². The second-order valence-corrected chi connectivity index (χ2v) is 4.68. The standard InChI is InChI=1S/C15H21NO4/c1-2-3-4-9-20-12-7-5-11(6-8-12)13(15(16)19)10-14(17)18/h5-8,13H,2-4,9-10H2,1H3,(H2,16,19)(H,17,18)/t13-/m0/s1. The first-order chi connectivity index (χ1) is 9.54. The molecule has 1 rings (SSSR count). The molecule has 0 unspecified atom stereocenters. The zero-order valence-corrected chi connectivity index (χ0v) is 11.7. The van der Waals surface area contributed by atoms with Crippen LogP contribution in [0, 0.1) is 0 Å². The maximum Gasteiger partial charge on any atom is 0.304 e. The molecule has 110 valence electrons. The van der Waals surface area contributed by atoms with E-state index >= 15 is 0 Å². The molecule has 20 heavy (non-hydrogen) atoms. The number of hydrogen-bond acceptors (Lipinski definition) is 3. The fourth-order valence-electron chi connectivity index (χ4n) is 1.90. The van der Waals surface area contributed by atoms with E-state index in [4.69, 9.17) is 15.6 Å². The minimum Gasteiger partial charge on any atom is -0.494 e. The smallest absolute Gasteiger partial charge is 0.304 e. The summed E-state index contributed by atoms with van der Waals surface area (Å²) in [6.45, 7) is 2.78. The molecule has 0 aliphatic rings. The van der Waals surface area contributed by atoms with Crippen LogP contribution in [0.15, 0.2) is 24.3 Å². The molecule has 0 aliphatic carbocycles. The number of carbonyl (C=O) groups excluding carboxylic acids is 1. The number of benzene rings is 1. The van der Waals surface area contributed by atoms with Crippen LogP contribution in [0.25, 0.3) is 0 Å². The lowest BCUT2D eigenvalue weighted by molar-refractivity contribution is -0.139. The highest BCUT2D eigenvalue weighted by molar-refractivity contribution is 5.86. The fourth-order valence-corrected chi connectivity index (χ4v) is 1.90. The summed E-state index contributed by atoms with van der Waals surface area (Å²) in [6, 6.07) is 6.85.